The SMILES string of the molecule is CCOC(=O)c1c(NC(=O)c2ccc(O[C@H](C)C(=O)N/N=C\c3ccc(OCc4ccc(C)cc4)c(OC)c3)cc2)sc2c1CCCC2. The molecular formula is C37H39N3O7S. The number of anilines is 1. The molecule has 0 saturated heterocycles. The van der Waals surface area contributed by atoms with Crippen LogP contribution in [0.4, 0.5) is 5.00 Å². The van der Waals surface area contributed by atoms with E-state index in [1.165, 1.54) is 23.1 Å². The lowest BCUT2D eigenvalue weighted by Gasteiger charge is -2.14. The highest BCUT2D eigenvalue weighted by Crippen LogP contribution is 2.39. The number of carbonyl (C=O) groups is 3. The molecule has 0 fully saturated rings. The largest absolute Gasteiger partial charge is 0.493 e. The minimum atomic E-state index is -0.863. The molecule has 1 atom stereocenters. The lowest BCUT2D eigenvalue weighted by atomic mass is 9.95. The van der Waals surface area contributed by atoms with Gasteiger partial charge < -0.3 is 24.3 Å². The second kappa shape index (κ2) is 16.1. The number of nitrogens with one attached hydrogen (secondary N) is 2. The summed E-state index contributed by atoms with van der Waals surface area (Å²) >= 11 is 1.44. The Morgan fingerprint density at radius 1 is 0.979 bits per heavy atom. The van der Waals surface area contributed by atoms with Crippen molar-refractivity contribution in [3.63, 3.8) is 0 Å². The van der Waals surface area contributed by atoms with E-state index < -0.39 is 18.0 Å². The van der Waals surface area contributed by atoms with E-state index in [1.54, 1.807) is 57.4 Å². The van der Waals surface area contributed by atoms with Crippen LogP contribution in [0.1, 0.15) is 74.5 Å². The number of hydrazone groups is 1. The lowest BCUT2D eigenvalue weighted by molar-refractivity contribution is -0.127. The molecule has 1 aliphatic carbocycles. The van der Waals surface area contributed by atoms with Gasteiger partial charge in [0.05, 0.1) is 25.5 Å². The summed E-state index contributed by atoms with van der Waals surface area (Å²) in [5, 5.41) is 7.48. The van der Waals surface area contributed by atoms with Gasteiger partial charge in [0.15, 0.2) is 17.6 Å². The highest BCUT2D eigenvalue weighted by atomic mass is 32.1. The fraction of sp³-hybridized carbons (Fsp3) is 0.297. The number of amides is 2. The minimum Gasteiger partial charge on any atom is -0.493 e. The number of hydrogen-bond acceptors (Lipinski definition) is 9. The maximum atomic E-state index is 13.1. The molecule has 5 rings (SSSR count). The Morgan fingerprint density at radius 2 is 1.73 bits per heavy atom. The minimum absolute atomic E-state index is 0.260. The Balaban J connectivity index is 1.13. The van der Waals surface area contributed by atoms with Crippen LogP contribution < -0.4 is 25.0 Å². The molecule has 1 aromatic heterocycles. The monoisotopic (exact) mass is 669 g/mol. The number of thiophene rings is 1. The second-order valence-corrected chi connectivity index (χ2v) is 12.4. The molecule has 10 nitrogen and oxygen atoms in total. The third-order valence-electron chi connectivity index (χ3n) is 7.77. The summed E-state index contributed by atoms with van der Waals surface area (Å²) in [7, 11) is 1.56. The zero-order valence-electron chi connectivity index (χ0n) is 27.5. The molecule has 0 bridgehead atoms. The lowest BCUT2D eigenvalue weighted by Crippen LogP contribution is -2.33. The third-order valence-corrected chi connectivity index (χ3v) is 8.97. The van der Waals surface area contributed by atoms with E-state index in [4.69, 9.17) is 18.9 Å². The molecule has 0 radical (unpaired) electrons. The fourth-order valence-electron chi connectivity index (χ4n) is 5.18. The molecule has 4 aromatic rings. The van der Waals surface area contributed by atoms with Crippen molar-refractivity contribution in [2.45, 2.75) is 59.2 Å². The zero-order chi connectivity index (χ0) is 34.0. The van der Waals surface area contributed by atoms with E-state index in [0.29, 0.717) is 45.5 Å². The summed E-state index contributed by atoms with van der Waals surface area (Å²) in [6.07, 6.45) is 4.38. The van der Waals surface area contributed by atoms with Gasteiger partial charge in [-0.2, -0.15) is 5.10 Å². The molecular weight excluding hydrogens is 630 g/mol. The average molecular weight is 670 g/mol. The van der Waals surface area contributed by atoms with Crippen LogP contribution in [0.15, 0.2) is 71.8 Å². The van der Waals surface area contributed by atoms with Crippen molar-refractivity contribution in [2.24, 2.45) is 5.10 Å². The highest BCUT2D eigenvalue weighted by Gasteiger charge is 2.27. The molecule has 0 aliphatic heterocycles. The van der Waals surface area contributed by atoms with Gasteiger partial charge in [-0.15, -0.1) is 11.3 Å². The Labute approximate surface area is 284 Å². The normalized spacial score (nSPS) is 12.9. The summed E-state index contributed by atoms with van der Waals surface area (Å²) < 4.78 is 22.5. The topological polar surface area (TPSA) is 125 Å². The molecule has 0 unspecified atom stereocenters. The van der Waals surface area contributed by atoms with E-state index in [0.717, 1.165) is 41.7 Å². The number of ether oxygens (including phenoxy) is 4. The quantitative estimate of drug-likeness (QED) is 0.0905. The summed E-state index contributed by atoms with van der Waals surface area (Å²) in [6.45, 7) is 6.07. The first-order valence-electron chi connectivity index (χ1n) is 15.8. The van der Waals surface area contributed by atoms with Gasteiger partial charge >= 0.3 is 5.97 Å². The predicted octanol–water partition coefficient (Wildman–Crippen LogP) is 6.87. The van der Waals surface area contributed by atoms with E-state index in [1.807, 2.05) is 37.3 Å². The van der Waals surface area contributed by atoms with Crippen molar-refractivity contribution < 1.29 is 33.3 Å². The number of aryl methyl sites for hydroxylation is 2. The van der Waals surface area contributed by atoms with E-state index >= 15 is 0 Å². The molecule has 11 heteroatoms. The van der Waals surface area contributed by atoms with Crippen LogP contribution in [-0.2, 0) is 29.0 Å². The van der Waals surface area contributed by atoms with Crippen molar-refractivity contribution in [1.29, 1.82) is 0 Å². The number of benzene rings is 3. The smallest absolute Gasteiger partial charge is 0.341 e. The maximum absolute atomic E-state index is 13.1. The highest BCUT2D eigenvalue weighted by molar-refractivity contribution is 7.17. The molecule has 48 heavy (non-hydrogen) atoms. The van der Waals surface area contributed by atoms with Crippen LogP contribution in [-0.4, -0.2) is 43.8 Å². The summed E-state index contributed by atoms with van der Waals surface area (Å²) in [6, 6.07) is 19.9. The number of hydrogen-bond donors (Lipinski definition) is 2. The van der Waals surface area contributed by atoms with Gasteiger partial charge in [-0.3, -0.25) is 9.59 Å². The van der Waals surface area contributed by atoms with Crippen LogP contribution in [0.25, 0.3) is 0 Å². The number of fused-ring (bicyclic) bond motifs is 1. The van der Waals surface area contributed by atoms with E-state index in [-0.39, 0.29) is 12.5 Å². The van der Waals surface area contributed by atoms with Crippen LogP contribution in [0.2, 0.25) is 0 Å². The standard InChI is InChI=1S/C37H39N3O7S/c1-5-45-37(43)33-29-8-6-7-9-32(29)48-36(33)39-35(42)27-15-17-28(18-16-27)47-24(3)34(41)40-38-21-26-14-19-30(31(20-26)44-4)46-22-25-12-10-23(2)11-13-25/h10-21,24H,5-9,22H2,1-4H3,(H,39,42)(H,40,41)/b38-21-/t24-/m1/s1. The summed E-state index contributed by atoms with van der Waals surface area (Å²) in [5.74, 6) is 0.323. The van der Waals surface area contributed by atoms with Gasteiger partial charge in [-0.25, -0.2) is 10.2 Å². The van der Waals surface area contributed by atoms with Crippen molar-refractivity contribution in [1.82, 2.24) is 5.43 Å². The maximum Gasteiger partial charge on any atom is 0.341 e. The number of carbonyl (C=O) groups excluding carboxylic acids is 3. The van der Waals surface area contributed by atoms with Gasteiger partial charge in [0, 0.05) is 10.4 Å². The Hall–Kier alpha value is -5.16. The average Bonchev–Trinajstić information content (AvgIpc) is 3.46. The number of methoxy groups -OCH3 is 1. The Morgan fingerprint density at radius 3 is 2.46 bits per heavy atom. The first-order valence-corrected chi connectivity index (χ1v) is 16.7. The molecule has 3 aromatic carbocycles. The summed E-state index contributed by atoms with van der Waals surface area (Å²) in [4.78, 5) is 39.6. The zero-order valence-corrected chi connectivity index (χ0v) is 28.3. The van der Waals surface area contributed by atoms with Crippen molar-refractivity contribution in [2.75, 3.05) is 19.0 Å². The molecule has 2 N–H and O–H groups in total. The van der Waals surface area contributed by atoms with E-state index in [9.17, 15) is 14.4 Å². The summed E-state index contributed by atoms with van der Waals surface area (Å²) in [5.41, 5.74) is 7.25. The Bertz CT molecular complexity index is 1780. The van der Waals surface area contributed by atoms with Gasteiger partial charge in [0.1, 0.15) is 17.4 Å². The van der Waals surface area contributed by atoms with Crippen molar-refractivity contribution >= 4 is 40.3 Å². The van der Waals surface area contributed by atoms with Crippen LogP contribution in [0.3, 0.4) is 0 Å². The Kier molecular flexibility index (Phi) is 11.5. The molecule has 2 amide bonds. The van der Waals surface area contributed by atoms with Crippen LogP contribution in [0, 0.1) is 6.92 Å². The molecule has 0 saturated carbocycles. The number of rotatable bonds is 13. The second-order valence-electron chi connectivity index (χ2n) is 11.3. The van der Waals surface area contributed by atoms with E-state index in [2.05, 4.69) is 15.8 Å². The molecule has 1 heterocycles. The van der Waals surface area contributed by atoms with Crippen LogP contribution in [0.5, 0.6) is 17.2 Å². The van der Waals surface area contributed by atoms with Gasteiger partial charge in [0.2, 0.25) is 0 Å². The molecule has 1 aliphatic rings. The third kappa shape index (κ3) is 8.60. The number of nitrogens with zero attached hydrogens (tertiary/aromatic N) is 1. The molecule has 250 valence electrons. The fourth-order valence-corrected chi connectivity index (χ4v) is 6.45. The van der Waals surface area contributed by atoms with Crippen molar-refractivity contribution in [3.8, 4) is 17.2 Å². The predicted molar refractivity (Wildman–Crippen MR) is 186 cm³/mol. The first kappa shape index (κ1) is 34.2. The first-order chi connectivity index (χ1) is 23.2. The van der Waals surface area contributed by atoms with Gasteiger partial charge in [-0.1, -0.05) is 29.8 Å². The van der Waals surface area contributed by atoms with Crippen LogP contribution >= 0.6 is 11.3 Å². The van der Waals surface area contributed by atoms with Crippen molar-refractivity contribution in [3.05, 3.63) is 105 Å². The molecule has 0 spiro atoms. The van der Waals surface area contributed by atoms with Gasteiger partial charge in [0.25, 0.3) is 11.8 Å². The number of esters is 1. The van der Waals surface area contributed by atoms with Gasteiger partial charge in [-0.05, 0) is 106 Å².